The minimum Gasteiger partial charge on any atom is -0.478 e. The Hall–Kier alpha value is -1.23. The predicted molar refractivity (Wildman–Crippen MR) is 88.6 cm³/mol. The fourth-order valence-corrected chi connectivity index (χ4v) is 3.88. The van der Waals surface area contributed by atoms with Gasteiger partial charge in [0.15, 0.2) is 0 Å². The van der Waals surface area contributed by atoms with E-state index in [-0.39, 0.29) is 5.41 Å². The van der Waals surface area contributed by atoms with Crippen molar-refractivity contribution in [3.05, 3.63) is 23.4 Å². The van der Waals surface area contributed by atoms with E-state index in [0.717, 1.165) is 24.6 Å². The van der Waals surface area contributed by atoms with Crippen molar-refractivity contribution in [2.45, 2.75) is 50.5 Å². The van der Waals surface area contributed by atoms with Gasteiger partial charge >= 0.3 is 5.97 Å². The summed E-state index contributed by atoms with van der Waals surface area (Å²) in [6, 6.07) is 3.39. The van der Waals surface area contributed by atoms with E-state index < -0.39 is 5.97 Å². The van der Waals surface area contributed by atoms with Crippen LogP contribution in [0.2, 0.25) is 0 Å². The number of carbonyl (C=O) groups is 1. The van der Waals surface area contributed by atoms with Gasteiger partial charge in [-0.25, -0.2) is 9.78 Å². The molecule has 0 radical (unpaired) electrons. The molecule has 2 rings (SSSR count). The third kappa shape index (κ3) is 3.90. The molecule has 1 N–H and O–H groups in total. The molecular formula is C16H24N2O2S. The smallest absolute Gasteiger partial charge is 0.335 e. The van der Waals surface area contributed by atoms with Crippen molar-refractivity contribution >= 4 is 23.5 Å². The van der Waals surface area contributed by atoms with Gasteiger partial charge in [0.2, 0.25) is 0 Å². The Morgan fingerprint density at radius 3 is 2.33 bits per heavy atom. The summed E-state index contributed by atoms with van der Waals surface area (Å²) in [6.45, 7) is 12.4. The van der Waals surface area contributed by atoms with Crippen LogP contribution in [-0.4, -0.2) is 39.6 Å². The van der Waals surface area contributed by atoms with Crippen LogP contribution in [0.3, 0.4) is 0 Å². The van der Waals surface area contributed by atoms with Gasteiger partial charge in [0.1, 0.15) is 5.82 Å². The lowest BCUT2D eigenvalue weighted by Gasteiger charge is -2.36. The standard InChI is InChI=1S/C16H24N2O2S/c1-10-8-18(9-11(2)21-10)14-7-12(15(19)20)6-13(17-14)16(3,4)5/h6-7,10-11H,8-9H2,1-5H3,(H,19,20). The maximum atomic E-state index is 11.4. The summed E-state index contributed by atoms with van der Waals surface area (Å²) in [5.74, 6) is -0.101. The predicted octanol–water partition coefficient (Wildman–Crippen LogP) is 3.41. The number of hydrogen-bond acceptors (Lipinski definition) is 4. The second kappa shape index (κ2) is 5.87. The van der Waals surface area contributed by atoms with Crippen LogP contribution >= 0.6 is 11.8 Å². The first kappa shape index (κ1) is 16.1. The van der Waals surface area contributed by atoms with E-state index in [1.54, 1.807) is 12.1 Å². The molecule has 21 heavy (non-hydrogen) atoms. The van der Waals surface area contributed by atoms with Gasteiger partial charge in [-0.15, -0.1) is 0 Å². The number of carboxylic acids is 1. The molecule has 1 aromatic heterocycles. The summed E-state index contributed by atoms with van der Waals surface area (Å²) in [6.07, 6.45) is 0. The van der Waals surface area contributed by atoms with Gasteiger partial charge < -0.3 is 10.0 Å². The van der Waals surface area contributed by atoms with Crippen molar-refractivity contribution in [2.24, 2.45) is 0 Å². The van der Waals surface area contributed by atoms with Gasteiger partial charge in [-0.05, 0) is 12.1 Å². The molecule has 0 amide bonds. The minimum absolute atomic E-state index is 0.165. The van der Waals surface area contributed by atoms with Crippen molar-refractivity contribution in [3.8, 4) is 0 Å². The van der Waals surface area contributed by atoms with E-state index in [4.69, 9.17) is 4.98 Å². The van der Waals surface area contributed by atoms with Gasteiger partial charge in [0.25, 0.3) is 0 Å². The first-order chi connectivity index (χ1) is 9.66. The van der Waals surface area contributed by atoms with E-state index in [2.05, 4.69) is 39.5 Å². The Labute approximate surface area is 130 Å². The highest BCUT2D eigenvalue weighted by molar-refractivity contribution is 8.00. The fraction of sp³-hybridized carbons (Fsp3) is 0.625. The fourth-order valence-electron chi connectivity index (χ4n) is 2.55. The zero-order valence-electron chi connectivity index (χ0n) is 13.4. The van der Waals surface area contributed by atoms with E-state index in [1.807, 2.05) is 11.8 Å². The minimum atomic E-state index is -0.892. The number of nitrogens with zero attached hydrogens (tertiary/aromatic N) is 2. The van der Waals surface area contributed by atoms with E-state index in [1.165, 1.54) is 0 Å². The third-order valence-corrected chi connectivity index (χ3v) is 4.80. The highest BCUT2D eigenvalue weighted by atomic mass is 32.2. The second-order valence-corrected chi connectivity index (χ2v) is 8.70. The Morgan fingerprint density at radius 2 is 1.86 bits per heavy atom. The van der Waals surface area contributed by atoms with Gasteiger partial charge in [-0.3, -0.25) is 0 Å². The summed E-state index contributed by atoms with van der Waals surface area (Å²) in [4.78, 5) is 18.3. The Balaban J connectivity index is 2.42. The normalized spacial score (nSPS) is 23.2. The van der Waals surface area contributed by atoms with E-state index in [0.29, 0.717) is 16.1 Å². The molecule has 0 aliphatic carbocycles. The molecule has 1 fully saturated rings. The number of hydrogen-bond donors (Lipinski definition) is 1. The number of anilines is 1. The zero-order chi connectivity index (χ0) is 15.8. The maximum absolute atomic E-state index is 11.4. The molecule has 2 unspecified atom stereocenters. The SMILES string of the molecule is CC1CN(c2cc(C(=O)O)cc(C(C)(C)C)n2)CC(C)S1. The van der Waals surface area contributed by atoms with Crippen LogP contribution in [-0.2, 0) is 5.41 Å². The number of carboxylic acid groups (broad SMARTS) is 1. The largest absolute Gasteiger partial charge is 0.478 e. The monoisotopic (exact) mass is 308 g/mol. The van der Waals surface area contributed by atoms with Crippen LogP contribution in [0.15, 0.2) is 12.1 Å². The molecule has 0 bridgehead atoms. The summed E-state index contributed by atoms with van der Waals surface area (Å²) in [5, 5.41) is 10.4. The van der Waals surface area contributed by atoms with Crippen LogP contribution in [0, 0.1) is 0 Å². The quantitative estimate of drug-likeness (QED) is 0.907. The molecule has 4 nitrogen and oxygen atoms in total. The van der Waals surface area contributed by atoms with Gasteiger partial charge in [0.05, 0.1) is 5.56 Å². The number of rotatable bonds is 2. The van der Waals surface area contributed by atoms with Crippen LogP contribution in [0.5, 0.6) is 0 Å². The number of thioether (sulfide) groups is 1. The lowest BCUT2D eigenvalue weighted by molar-refractivity contribution is 0.0696. The Bertz CT molecular complexity index is 530. The molecular weight excluding hydrogens is 284 g/mol. The van der Waals surface area contributed by atoms with E-state index >= 15 is 0 Å². The van der Waals surface area contributed by atoms with Crippen molar-refractivity contribution in [3.63, 3.8) is 0 Å². The zero-order valence-corrected chi connectivity index (χ0v) is 14.2. The molecule has 0 aromatic carbocycles. The molecule has 2 heterocycles. The number of aromatic nitrogens is 1. The first-order valence-electron chi connectivity index (χ1n) is 7.33. The van der Waals surface area contributed by atoms with Crippen molar-refractivity contribution < 1.29 is 9.90 Å². The molecule has 1 aliphatic heterocycles. The Kier molecular flexibility index (Phi) is 4.51. The van der Waals surface area contributed by atoms with Gasteiger partial charge in [-0.1, -0.05) is 34.6 Å². The molecule has 5 heteroatoms. The molecule has 1 aromatic rings. The van der Waals surface area contributed by atoms with Crippen molar-refractivity contribution in [1.82, 2.24) is 4.98 Å². The van der Waals surface area contributed by atoms with Gasteiger partial charge in [-0.2, -0.15) is 11.8 Å². The Morgan fingerprint density at radius 1 is 1.29 bits per heavy atom. The highest BCUT2D eigenvalue weighted by Gasteiger charge is 2.26. The highest BCUT2D eigenvalue weighted by Crippen LogP contribution is 2.30. The average Bonchev–Trinajstić information content (AvgIpc) is 2.36. The second-order valence-electron chi connectivity index (χ2n) is 6.82. The van der Waals surface area contributed by atoms with E-state index in [9.17, 15) is 9.90 Å². The molecule has 0 spiro atoms. The summed E-state index contributed by atoms with van der Waals surface area (Å²) in [7, 11) is 0. The van der Waals surface area contributed by atoms with Crippen LogP contribution in [0.25, 0.3) is 0 Å². The van der Waals surface area contributed by atoms with Crippen LogP contribution in [0.1, 0.15) is 50.7 Å². The lowest BCUT2D eigenvalue weighted by Crippen LogP contribution is -2.41. The third-order valence-electron chi connectivity index (χ3n) is 3.57. The first-order valence-corrected chi connectivity index (χ1v) is 8.27. The summed E-state index contributed by atoms with van der Waals surface area (Å²) >= 11 is 1.97. The number of pyridine rings is 1. The lowest BCUT2D eigenvalue weighted by atomic mass is 9.90. The molecule has 1 aliphatic rings. The molecule has 0 saturated carbocycles. The van der Waals surface area contributed by atoms with Crippen molar-refractivity contribution in [1.29, 1.82) is 0 Å². The van der Waals surface area contributed by atoms with Crippen LogP contribution < -0.4 is 4.90 Å². The van der Waals surface area contributed by atoms with Crippen LogP contribution in [0.4, 0.5) is 5.82 Å². The maximum Gasteiger partial charge on any atom is 0.335 e. The average molecular weight is 308 g/mol. The molecule has 1 saturated heterocycles. The molecule has 2 atom stereocenters. The molecule has 116 valence electrons. The summed E-state index contributed by atoms with van der Waals surface area (Å²) in [5.41, 5.74) is 0.988. The number of aromatic carboxylic acids is 1. The topological polar surface area (TPSA) is 53.4 Å². The van der Waals surface area contributed by atoms with Crippen molar-refractivity contribution in [2.75, 3.05) is 18.0 Å². The van der Waals surface area contributed by atoms with Gasteiger partial charge in [0, 0.05) is 34.7 Å². The summed E-state index contributed by atoms with van der Waals surface area (Å²) < 4.78 is 0.